The van der Waals surface area contributed by atoms with Crippen LogP contribution in [0.1, 0.15) is 16.7 Å². The van der Waals surface area contributed by atoms with Crippen molar-refractivity contribution >= 4 is 46.6 Å². The number of carbonyl (C=O) groups excluding carboxylic acids is 2. The van der Waals surface area contributed by atoms with Crippen molar-refractivity contribution < 1.29 is 9.59 Å². The zero-order valence-corrected chi connectivity index (χ0v) is 20.3. The van der Waals surface area contributed by atoms with E-state index in [0.717, 1.165) is 16.7 Å². The second-order valence-electron chi connectivity index (χ2n) is 8.02. The first kappa shape index (κ1) is 23.6. The molecule has 3 aromatic rings. The Morgan fingerprint density at radius 1 is 1.09 bits per heavy atom. The maximum atomic E-state index is 13.5. The predicted octanol–water partition coefficient (Wildman–Crippen LogP) is 6.02. The van der Waals surface area contributed by atoms with Gasteiger partial charge in [-0.1, -0.05) is 71.4 Å². The van der Waals surface area contributed by atoms with Crippen LogP contribution in [0, 0.1) is 25.2 Å². The van der Waals surface area contributed by atoms with Crippen molar-refractivity contribution in [1.29, 1.82) is 5.26 Å². The average molecular weight is 488 g/mol. The monoisotopic (exact) mass is 487 g/mol. The number of carbonyl (C=O) groups is 2. The lowest BCUT2D eigenvalue weighted by atomic mass is 10.1. The lowest BCUT2D eigenvalue weighted by Crippen LogP contribution is -2.30. The molecule has 0 spiro atoms. The highest BCUT2D eigenvalue weighted by Gasteiger charge is 2.40. The standard InChI is InChI=1S/C27H22ClN3O2S/c1-17-8-12-20(13-9-17)30-25(32)22(16-29)27-31(21-6-4-3-5-7-21)26(33)24(34-27)15-19-11-10-18(2)23(28)14-19/h3-14,24H,15H2,1-2H3,(H,30,32)/b27-22-/t24-/m0/s1. The molecule has 0 radical (unpaired) electrons. The number of nitriles is 1. The summed E-state index contributed by atoms with van der Waals surface area (Å²) in [5, 5.41) is 13.2. The van der Waals surface area contributed by atoms with Gasteiger partial charge in [-0.3, -0.25) is 14.5 Å². The Morgan fingerprint density at radius 3 is 2.44 bits per heavy atom. The summed E-state index contributed by atoms with van der Waals surface area (Å²) < 4.78 is 0. The van der Waals surface area contributed by atoms with Crippen molar-refractivity contribution in [3.63, 3.8) is 0 Å². The third kappa shape index (κ3) is 5.01. The maximum absolute atomic E-state index is 13.5. The molecule has 1 N–H and O–H groups in total. The summed E-state index contributed by atoms with van der Waals surface area (Å²) in [6.45, 7) is 3.87. The molecule has 1 aliphatic rings. The van der Waals surface area contributed by atoms with Crippen molar-refractivity contribution in [1.82, 2.24) is 0 Å². The van der Waals surface area contributed by atoms with Crippen molar-refractivity contribution in [2.45, 2.75) is 25.5 Å². The Morgan fingerprint density at radius 2 is 1.79 bits per heavy atom. The van der Waals surface area contributed by atoms with E-state index in [0.29, 0.717) is 27.8 Å². The topological polar surface area (TPSA) is 73.2 Å². The molecular formula is C27H22ClN3O2S. The molecule has 7 heteroatoms. The lowest BCUT2D eigenvalue weighted by molar-refractivity contribution is -0.117. The Bertz CT molecular complexity index is 1310. The van der Waals surface area contributed by atoms with Gasteiger partial charge in [-0.25, -0.2) is 0 Å². The minimum Gasteiger partial charge on any atom is -0.321 e. The number of rotatable bonds is 5. The summed E-state index contributed by atoms with van der Waals surface area (Å²) >= 11 is 7.51. The van der Waals surface area contributed by atoms with Gasteiger partial charge in [0.1, 0.15) is 16.7 Å². The quantitative estimate of drug-likeness (QED) is 0.352. The van der Waals surface area contributed by atoms with Crippen LogP contribution < -0.4 is 10.2 Å². The van der Waals surface area contributed by atoms with E-state index < -0.39 is 11.2 Å². The average Bonchev–Trinajstić information content (AvgIpc) is 3.14. The summed E-state index contributed by atoms with van der Waals surface area (Å²) in [7, 11) is 0. The maximum Gasteiger partial charge on any atom is 0.269 e. The number of thioether (sulfide) groups is 1. The normalized spacial score (nSPS) is 16.8. The Balaban J connectivity index is 1.70. The molecule has 4 rings (SSSR count). The largest absolute Gasteiger partial charge is 0.321 e. The van der Waals surface area contributed by atoms with Crippen molar-refractivity contribution in [3.05, 3.63) is 105 Å². The summed E-state index contributed by atoms with van der Waals surface area (Å²) in [6, 6.07) is 24.1. The van der Waals surface area contributed by atoms with Gasteiger partial charge in [-0.15, -0.1) is 0 Å². The van der Waals surface area contributed by atoms with E-state index in [9.17, 15) is 14.9 Å². The number of hydrogen-bond donors (Lipinski definition) is 1. The van der Waals surface area contributed by atoms with Crippen LogP contribution in [0.3, 0.4) is 0 Å². The van der Waals surface area contributed by atoms with Crippen LogP contribution in [0.4, 0.5) is 11.4 Å². The first-order valence-corrected chi connectivity index (χ1v) is 12.0. The highest BCUT2D eigenvalue weighted by Crippen LogP contribution is 2.42. The number of aryl methyl sites for hydroxylation is 2. The third-order valence-electron chi connectivity index (χ3n) is 5.49. The number of nitrogens with zero attached hydrogens (tertiary/aromatic N) is 2. The molecule has 0 saturated carbocycles. The molecule has 0 unspecified atom stereocenters. The van der Waals surface area contributed by atoms with E-state index in [-0.39, 0.29) is 11.5 Å². The molecule has 1 aliphatic heterocycles. The van der Waals surface area contributed by atoms with E-state index in [1.54, 1.807) is 24.3 Å². The van der Waals surface area contributed by atoms with Gasteiger partial charge >= 0.3 is 0 Å². The predicted molar refractivity (Wildman–Crippen MR) is 138 cm³/mol. The van der Waals surface area contributed by atoms with Gasteiger partial charge in [-0.2, -0.15) is 5.26 Å². The zero-order valence-electron chi connectivity index (χ0n) is 18.7. The van der Waals surface area contributed by atoms with Crippen LogP contribution in [0.2, 0.25) is 5.02 Å². The lowest BCUT2D eigenvalue weighted by Gasteiger charge is -2.18. The summed E-state index contributed by atoms with van der Waals surface area (Å²) in [5.41, 5.74) is 4.02. The molecule has 1 heterocycles. The van der Waals surface area contributed by atoms with E-state index >= 15 is 0 Å². The van der Waals surface area contributed by atoms with Gasteiger partial charge < -0.3 is 5.32 Å². The van der Waals surface area contributed by atoms with Crippen LogP contribution in [-0.2, 0) is 16.0 Å². The van der Waals surface area contributed by atoms with E-state index in [1.165, 1.54) is 16.7 Å². The number of anilines is 2. The second-order valence-corrected chi connectivity index (χ2v) is 9.61. The van der Waals surface area contributed by atoms with E-state index in [4.69, 9.17) is 11.6 Å². The first-order valence-electron chi connectivity index (χ1n) is 10.7. The molecule has 0 aromatic heterocycles. The number of para-hydroxylation sites is 1. The van der Waals surface area contributed by atoms with Gasteiger partial charge in [-0.05, 0) is 61.7 Å². The molecule has 170 valence electrons. The zero-order chi connectivity index (χ0) is 24.2. The smallest absolute Gasteiger partial charge is 0.269 e. The Hall–Kier alpha value is -3.53. The fourth-order valence-electron chi connectivity index (χ4n) is 3.61. The molecule has 1 atom stereocenters. The van der Waals surface area contributed by atoms with Crippen LogP contribution in [-0.4, -0.2) is 17.1 Å². The summed E-state index contributed by atoms with van der Waals surface area (Å²) in [4.78, 5) is 28.1. The van der Waals surface area contributed by atoms with Crippen molar-refractivity contribution in [2.24, 2.45) is 0 Å². The number of halogens is 1. The van der Waals surface area contributed by atoms with Crippen LogP contribution in [0.25, 0.3) is 0 Å². The third-order valence-corrected chi connectivity index (χ3v) is 7.16. The molecule has 1 fully saturated rings. The molecular weight excluding hydrogens is 466 g/mol. The number of benzene rings is 3. The van der Waals surface area contributed by atoms with Gasteiger partial charge in [0.25, 0.3) is 5.91 Å². The second kappa shape index (κ2) is 10.2. The Kier molecular flexibility index (Phi) is 7.06. The molecule has 1 saturated heterocycles. The molecule has 3 aromatic carbocycles. The molecule has 0 aliphatic carbocycles. The van der Waals surface area contributed by atoms with Gasteiger partial charge in [0.2, 0.25) is 5.91 Å². The van der Waals surface area contributed by atoms with Crippen molar-refractivity contribution in [2.75, 3.05) is 10.2 Å². The molecule has 5 nitrogen and oxygen atoms in total. The van der Waals surface area contributed by atoms with Crippen LogP contribution in [0.5, 0.6) is 0 Å². The number of nitrogens with one attached hydrogen (secondary N) is 1. The molecule has 34 heavy (non-hydrogen) atoms. The van der Waals surface area contributed by atoms with Crippen molar-refractivity contribution in [3.8, 4) is 6.07 Å². The fraction of sp³-hybridized carbons (Fsp3) is 0.148. The van der Waals surface area contributed by atoms with E-state index in [1.807, 2.05) is 68.4 Å². The molecule has 0 bridgehead atoms. The number of amides is 2. The van der Waals surface area contributed by atoms with E-state index in [2.05, 4.69) is 5.32 Å². The fourth-order valence-corrected chi connectivity index (χ4v) is 5.12. The highest BCUT2D eigenvalue weighted by atomic mass is 35.5. The summed E-state index contributed by atoms with van der Waals surface area (Å²) in [5.74, 6) is -0.736. The van der Waals surface area contributed by atoms with Crippen LogP contribution in [0.15, 0.2) is 83.4 Å². The van der Waals surface area contributed by atoms with Gasteiger partial charge in [0.15, 0.2) is 0 Å². The first-order chi connectivity index (χ1) is 16.4. The summed E-state index contributed by atoms with van der Waals surface area (Å²) in [6.07, 6.45) is 0.425. The molecule has 2 amide bonds. The highest BCUT2D eigenvalue weighted by molar-refractivity contribution is 8.05. The number of hydrogen-bond acceptors (Lipinski definition) is 4. The van der Waals surface area contributed by atoms with Gasteiger partial charge in [0, 0.05) is 16.4 Å². The SMILES string of the molecule is Cc1ccc(NC(=O)/C(C#N)=C2\S[C@@H](Cc3ccc(C)c(Cl)c3)C(=O)N2c2ccccc2)cc1. The van der Waals surface area contributed by atoms with Gasteiger partial charge in [0.05, 0.1) is 5.25 Å². The minimum absolute atomic E-state index is 0.104. The Labute approximate surface area is 208 Å². The van der Waals surface area contributed by atoms with Crippen LogP contribution >= 0.6 is 23.4 Å². The minimum atomic E-state index is -0.554.